The number of piperidine rings is 2. The van der Waals surface area contributed by atoms with Crippen molar-refractivity contribution in [2.24, 2.45) is 11.8 Å². The van der Waals surface area contributed by atoms with Crippen molar-refractivity contribution in [2.75, 3.05) is 26.2 Å². The van der Waals surface area contributed by atoms with E-state index in [1.54, 1.807) is 0 Å². The van der Waals surface area contributed by atoms with Crippen LogP contribution in [-0.2, 0) is 9.59 Å². The maximum absolute atomic E-state index is 12.8. The Kier molecular flexibility index (Phi) is 4.78. The largest absolute Gasteiger partial charge is 0.342 e. The van der Waals surface area contributed by atoms with Crippen LogP contribution >= 0.6 is 0 Å². The summed E-state index contributed by atoms with van der Waals surface area (Å²) >= 11 is 0. The predicted octanol–water partition coefficient (Wildman–Crippen LogP) is 3.04. The first-order chi connectivity index (χ1) is 12.2. The van der Waals surface area contributed by atoms with E-state index in [1.165, 1.54) is 5.56 Å². The van der Waals surface area contributed by atoms with Crippen LogP contribution < -0.4 is 0 Å². The molecule has 2 aliphatic heterocycles. The lowest BCUT2D eigenvalue weighted by Gasteiger charge is -2.37. The molecule has 1 aromatic rings. The molecule has 0 spiro atoms. The standard InChI is InChI=1S/C21H28N2O2/c24-20(18-6-7-18)23-14-10-19(11-15-23)21(25)22-12-8-17(9-13-22)16-4-2-1-3-5-16/h1-5,17-19H,6-15H2. The zero-order chi connectivity index (χ0) is 17.2. The van der Waals surface area contributed by atoms with Crippen molar-refractivity contribution < 1.29 is 9.59 Å². The van der Waals surface area contributed by atoms with Crippen LogP contribution in [0.2, 0.25) is 0 Å². The fraction of sp³-hybridized carbons (Fsp3) is 0.619. The van der Waals surface area contributed by atoms with E-state index in [4.69, 9.17) is 0 Å². The summed E-state index contributed by atoms with van der Waals surface area (Å²) in [5, 5.41) is 0. The van der Waals surface area contributed by atoms with Crippen LogP contribution in [0.25, 0.3) is 0 Å². The van der Waals surface area contributed by atoms with Crippen LogP contribution in [0.1, 0.15) is 50.0 Å². The average Bonchev–Trinajstić information content (AvgIpc) is 3.53. The zero-order valence-electron chi connectivity index (χ0n) is 14.9. The van der Waals surface area contributed by atoms with Crippen molar-refractivity contribution in [2.45, 2.75) is 44.4 Å². The summed E-state index contributed by atoms with van der Waals surface area (Å²) in [5.74, 6) is 1.66. The first-order valence-corrected chi connectivity index (χ1v) is 9.85. The van der Waals surface area contributed by atoms with Crippen molar-refractivity contribution in [3.05, 3.63) is 35.9 Å². The van der Waals surface area contributed by atoms with Crippen LogP contribution in [0, 0.1) is 11.8 Å². The number of carbonyl (C=O) groups is 2. The van der Waals surface area contributed by atoms with Gasteiger partial charge in [-0.1, -0.05) is 30.3 Å². The second-order valence-electron chi connectivity index (χ2n) is 7.88. The van der Waals surface area contributed by atoms with Gasteiger partial charge in [0.05, 0.1) is 0 Å². The number of rotatable bonds is 3. The van der Waals surface area contributed by atoms with Gasteiger partial charge in [0.15, 0.2) is 0 Å². The maximum Gasteiger partial charge on any atom is 0.225 e. The monoisotopic (exact) mass is 340 g/mol. The summed E-state index contributed by atoms with van der Waals surface area (Å²) in [6, 6.07) is 10.7. The minimum Gasteiger partial charge on any atom is -0.342 e. The Morgan fingerprint density at radius 2 is 1.16 bits per heavy atom. The highest BCUT2D eigenvalue weighted by Crippen LogP contribution is 2.33. The molecule has 3 fully saturated rings. The first-order valence-electron chi connectivity index (χ1n) is 9.85. The van der Waals surface area contributed by atoms with E-state index in [0.29, 0.717) is 23.7 Å². The van der Waals surface area contributed by atoms with E-state index in [0.717, 1.165) is 64.7 Å². The molecule has 1 saturated carbocycles. The number of likely N-dealkylation sites (tertiary alicyclic amines) is 2. The fourth-order valence-corrected chi connectivity index (χ4v) is 4.35. The van der Waals surface area contributed by atoms with Crippen LogP contribution in [0.3, 0.4) is 0 Å². The quantitative estimate of drug-likeness (QED) is 0.848. The number of hydrogen-bond donors (Lipinski definition) is 0. The molecular formula is C21H28N2O2. The third-order valence-electron chi connectivity index (χ3n) is 6.16. The lowest BCUT2D eigenvalue weighted by Crippen LogP contribution is -2.46. The first kappa shape index (κ1) is 16.6. The third kappa shape index (κ3) is 3.73. The summed E-state index contributed by atoms with van der Waals surface area (Å²) in [4.78, 5) is 29.0. The molecule has 0 atom stereocenters. The van der Waals surface area contributed by atoms with Gasteiger partial charge < -0.3 is 9.80 Å². The van der Waals surface area contributed by atoms with Crippen LogP contribution in [0.4, 0.5) is 0 Å². The van der Waals surface area contributed by atoms with Crippen LogP contribution in [0.15, 0.2) is 30.3 Å². The Hall–Kier alpha value is -1.84. The van der Waals surface area contributed by atoms with Crippen molar-refractivity contribution >= 4 is 11.8 Å². The second kappa shape index (κ2) is 7.19. The van der Waals surface area contributed by atoms with Gasteiger partial charge >= 0.3 is 0 Å². The van der Waals surface area contributed by atoms with Gasteiger partial charge in [-0.15, -0.1) is 0 Å². The Balaban J connectivity index is 1.26. The van der Waals surface area contributed by atoms with Gasteiger partial charge in [0, 0.05) is 38.0 Å². The van der Waals surface area contributed by atoms with Gasteiger partial charge in [-0.2, -0.15) is 0 Å². The lowest BCUT2D eigenvalue weighted by atomic mass is 9.88. The molecule has 0 N–H and O–H groups in total. The zero-order valence-corrected chi connectivity index (χ0v) is 14.9. The summed E-state index contributed by atoms with van der Waals surface area (Å²) in [5.41, 5.74) is 1.40. The van der Waals surface area contributed by atoms with Crippen LogP contribution in [-0.4, -0.2) is 47.8 Å². The van der Waals surface area contributed by atoms with Gasteiger partial charge in [-0.3, -0.25) is 9.59 Å². The van der Waals surface area contributed by atoms with E-state index in [9.17, 15) is 9.59 Å². The Morgan fingerprint density at radius 1 is 0.680 bits per heavy atom. The molecule has 0 radical (unpaired) electrons. The summed E-state index contributed by atoms with van der Waals surface area (Å²) in [7, 11) is 0. The number of nitrogens with zero attached hydrogens (tertiary/aromatic N) is 2. The summed E-state index contributed by atoms with van der Waals surface area (Å²) in [6.07, 6.45) is 5.94. The molecule has 1 aliphatic carbocycles. The molecule has 4 heteroatoms. The van der Waals surface area contributed by atoms with Gasteiger partial charge in [0.25, 0.3) is 0 Å². The minimum absolute atomic E-state index is 0.122. The Labute approximate surface area is 150 Å². The van der Waals surface area contributed by atoms with Crippen molar-refractivity contribution in [3.63, 3.8) is 0 Å². The normalized spacial score (nSPS) is 22.9. The predicted molar refractivity (Wildman–Crippen MR) is 97.0 cm³/mol. The molecule has 1 aromatic carbocycles. The molecule has 4 rings (SSSR count). The number of amides is 2. The molecule has 0 aromatic heterocycles. The number of hydrogen-bond acceptors (Lipinski definition) is 2. The fourth-order valence-electron chi connectivity index (χ4n) is 4.35. The highest BCUT2D eigenvalue weighted by molar-refractivity contribution is 5.82. The van der Waals surface area contributed by atoms with E-state index < -0.39 is 0 Å². The van der Waals surface area contributed by atoms with Crippen molar-refractivity contribution in [1.29, 1.82) is 0 Å². The minimum atomic E-state index is 0.122. The Bertz CT molecular complexity index is 610. The molecule has 2 saturated heterocycles. The van der Waals surface area contributed by atoms with Gasteiger partial charge in [-0.25, -0.2) is 0 Å². The Morgan fingerprint density at radius 3 is 1.68 bits per heavy atom. The molecule has 4 nitrogen and oxygen atoms in total. The molecule has 0 bridgehead atoms. The number of benzene rings is 1. The lowest BCUT2D eigenvalue weighted by molar-refractivity contribution is -0.142. The SMILES string of the molecule is O=C(C1CC1)N1CCC(C(=O)N2CCC(c3ccccc3)CC2)CC1. The smallest absolute Gasteiger partial charge is 0.225 e. The van der Waals surface area contributed by atoms with Crippen LogP contribution in [0.5, 0.6) is 0 Å². The topological polar surface area (TPSA) is 40.6 Å². The summed E-state index contributed by atoms with van der Waals surface area (Å²) < 4.78 is 0. The molecule has 2 amide bonds. The van der Waals surface area contributed by atoms with E-state index in [2.05, 4.69) is 35.2 Å². The molecular weight excluding hydrogens is 312 g/mol. The maximum atomic E-state index is 12.8. The molecule has 25 heavy (non-hydrogen) atoms. The second-order valence-corrected chi connectivity index (χ2v) is 7.88. The van der Waals surface area contributed by atoms with Gasteiger partial charge in [0.1, 0.15) is 0 Å². The number of carbonyl (C=O) groups excluding carboxylic acids is 2. The molecule has 3 aliphatic rings. The molecule has 0 unspecified atom stereocenters. The average molecular weight is 340 g/mol. The molecule has 134 valence electrons. The van der Waals surface area contributed by atoms with E-state index in [1.807, 2.05) is 4.90 Å². The van der Waals surface area contributed by atoms with Crippen molar-refractivity contribution in [1.82, 2.24) is 9.80 Å². The molecule has 2 heterocycles. The van der Waals surface area contributed by atoms with Gasteiger partial charge in [-0.05, 0) is 50.0 Å². The summed E-state index contributed by atoms with van der Waals surface area (Å²) in [6.45, 7) is 3.29. The highest BCUT2D eigenvalue weighted by atomic mass is 16.2. The van der Waals surface area contributed by atoms with Crippen molar-refractivity contribution in [3.8, 4) is 0 Å². The van der Waals surface area contributed by atoms with E-state index >= 15 is 0 Å². The van der Waals surface area contributed by atoms with E-state index in [-0.39, 0.29) is 5.92 Å². The van der Waals surface area contributed by atoms with Gasteiger partial charge in [0.2, 0.25) is 11.8 Å². The highest BCUT2D eigenvalue weighted by Gasteiger charge is 2.37. The third-order valence-corrected chi connectivity index (χ3v) is 6.16.